The lowest BCUT2D eigenvalue weighted by Gasteiger charge is -2.04. The molecule has 1 unspecified atom stereocenters. The number of rotatable bonds is 12. The first-order chi connectivity index (χ1) is 16.7. The zero-order valence-electron chi connectivity index (χ0n) is 18.7. The van der Waals surface area contributed by atoms with E-state index in [2.05, 4.69) is 10.0 Å². The summed E-state index contributed by atoms with van der Waals surface area (Å²) in [5.41, 5.74) is -0.195. The summed E-state index contributed by atoms with van der Waals surface area (Å²) < 4.78 is 71.0. The number of sulfonamides is 1. The van der Waals surface area contributed by atoms with E-state index in [4.69, 9.17) is 19.0 Å². The van der Waals surface area contributed by atoms with E-state index in [9.17, 15) is 17.4 Å². The highest BCUT2D eigenvalue weighted by Crippen LogP contribution is 2.32. The van der Waals surface area contributed by atoms with Crippen LogP contribution in [0.1, 0.15) is 5.56 Å². The average Bonchev–Trinajstić information content (AvgIpc) is 3.23. The van der Waals surface area contributed by atoms with Crippen LogP contribution in [0, 0.1) is 17.1 Å². The monoisotopic (exact) mass is 540 g/mol. The third kappa shape index (κ3) is 7.68. The molecule has 0 aliphatic rings. The number of nitrogens with one attached hydrogen (secondary N) is 2. The Morgan fingerprint density at radius 2 is 1.97 bits per heavy atom. The first-order valence-electron chi connectivity index (χ1n) is 10.0. The van der Waals surface area contributed by atoms with Crippen molar-refractivity contribution >= 4 is 46.0 Å². The maximum Gasteiger partial charge on any atom is 0.751 e. The number of hydrogen-bond donors (Lipinski definition) is 2. The first kappa shape index (κ1) is 26.5. The van der Waals surface area contributed by atoms with E-state index < -0.39 is 30.8 Å². The fraction of sp³-hybridized carbons (Fsp3) is 0.238. The van der Waals surface area contributed by atoms with Crippen molar-refractivity contribution in [3.05, 3.63) is 53.8 Å². The first-order valence-corrected chi connectivity index (χ1v) is 13.4. The molecule has 184 valence electrons. The highest BCUT2D eigenvalue weighted by atomic mass is 32.2. The van der Waals surface area contributed by atoms with Gasteiger partial charge < -0.3 is 4.74 Å². The minimum atomic E-state index is -3.95. The van der Waals surface area contributed by atoms with Gasteiger partial charge in [-0.15, -0.1) is 11.3 Å². The Balaban J connectivity index is 1.54. The summed E-state index contributed by atoms with van der Waals surface area (Å²) in [4.78, 5) is 0. The second-order valence-corrected chi connectivity index (χ2v) is 11.1. The fourth-order valence-electron chi connectivity index (χ4n) is 2.68. The normalized spacial score (nSPS) is 11.5. The number of benzene rings is 2. The molecule has 2 N–H and O–H groups in total. The maximum atomic E-state index is 13.6. The van der Waals surface area contributed by atoms with Gasteiger partial charge in [-0.2, -0.15) is 9.98 Å². The second kappa shape index (κ2) is 12.0. The van der Waals surface area contributed by atoms with Crippen LogP contribution < -0.4 is 19.3 Å². The van der Waals surface area contributed by atoms with Crippen molar-refractivity contribution in [2.75, 3.05) is 34.0 Å². The summed E-state index contributed by atoms with van der Waals surface area (Å²) in [6, 6.07) is 11.7. The zero-order valence-corrected chi connectivity index (χ0v) is 21.3. The zero-order chi connectivity index (χ0) is 25.4. The van der Waals surface area contributed by atoms with Gasteiger partial charge in [-0.3, -0.25) is 9.89 Å². The molecule has 0 aliphatic heterocycles. The van der Waals surface area contributed by atoms with Crippen LogP contribution in [-0.4, -0.2) is 53.3 Å². The summed E-state index contributed by atoms with van der Waals surface area (Å²) in [6.07, 6.45) is 1.81. The van der Waals surface area contributed by atoms with Crippen molar-refractivity contribution in [2.24, 2.45) is 0 Å². The van der Waals surface area contributed by atoms with Gasteiger partial charge in [0.15, 0.2) is 12.5 Å². The number of thiophene rings is 1. The summed E-state index contributed by atoms with van der Waals surface area (Å²) in [5, 5.41) is 12.5. The average molecular weight is 541 g/mol. The Bertz CT molecular complexity index is 1400. The predicted octanol–water partition coefficient (Wildman–Crippen LogP) is 3.17. The minimum Gasteiger partial charge on any atom is -0.489 e. The molecule has 1 atom stereocenters. The smallest absolute Gasteiger partial charge is 0.489 e. The lowest BCUT2D eigenvalue weighted by atomic mass is 10.2. The van der Waals surface area contributed by atoms with Crippen molar-refractivity contribution in [2.45, 2.75) is 4.21 Å². The molecule has 14 heteroatoms. The van der Waals surface area contributed by atoms with Crippen molar-refractivity contribution in [3.8, 4) is 17.6 Å². The number of nitriles is 1. The van der Waals surface area contributed by atoms with E-state index in [0.29, 0.717) is 24.3 Å². The Morgan fingerprint density at radius 3 is 2.69 bits per heavy atom. The number of nitrogens with zero attached hydrogens (tertiary/aromatic N) is 2. The molecule has 0 fully saturated rings. The Labute approximate surface area is 206 Å². The molecular weight excluding hydrogens is 518 g/mol. The van der Waals surface area contributed by atoms with Crippen molar-refractivity contribution in [1.82, 2.24) is 10.0 Å². The standard InChI is InChI=1S/C21H21FN4O6PS2/c1-26(2)13-24-7-8-30-17-5-6-20-16(9-17)10-21(34-20)35(28,29)25-14-31-33(27)32-18-4-3-15(12-23)19(22)11-18/h3-6,9-11,13,25H,7-8,14H2,1-2H3/q+1/p+1. The number of ether oxygens (including phenoxy) is 1. The summed E-state index contributed by atoms with van der Waals surface area (Å²) in [6.45, 7) is 0.407. The lowest BCUT2D eigenvalue weighted by molar-refractivity contribution is -0.461. The van der Waals surface area contributed by atoms with Crippen LogP contribution in [-0.2, 0) is 19.1 Å². The number of fused-ring (bicyclic) bond motifs is 1. The van der Waals surface area contributed by atoms with Gasteiger partial charge >= 0.3 is 8.25 Å². The maximum absolute atomic E-state index is 13.6. The van der Waals surface area contributed by atoms with E-state index in [-0.39, 0.29) is 15.5 Å². The largest absolute Gasteiger partial charge is 0.751 e. The number of hydrogen-bond acceptors (Lipinski definition) is 8. The van der Waals surface area contributed by atoms with Crippen LogP contribution in [0.25, 0.3) is 10.1 Å². The van der Waals surface area contributed by atoms with Crippen LogP contribution in [0.4, 0.5) is 4.39 Å². The third-order valence-electron chi connectivity index (χ3n) is 4.25. The van der Waals surface area contributed by atoms with Gasteiger partial charge in [0.1, 0.15) is 35.0 Å². The van der Waals surface area contributed by atoms with E-state index >= 15 is 0 Å². The molecule has 0 bridgehead atoms. The molecule has 1 heterocycles. The number of halogens is 1. The van der Waals surface area contributed by atoms with Gasteiger partial charge in [0.05, 0.1) is 19.7 Å². The summed E-state index contributed by atoms with van der Waals surface area (Å²) >= 11 is 1.06. The van der Waals surface area contributed by atoms with Gasteiger partial charge in [0, 0.05) is 15.3 Å². The SMILES string of the molecule is C[N+](C)=CNCCOc1ccc2sc(S(=O)(=O)NCO[P+](=O)Oc3ccc(C#N)c(F)c3)cc2c1. The molecule has 2 aromatic carbocycles. The van der Waals surface area contributed by atoms with Gasteiger partial charge in [0.2, 0.25) is 6.34 Å². The quantitative estimate of drug-likeness (QED) is 0.0895. The molecule has 0 aliphatic carbocycles. The molecule has 0 spiro atoms. The molecule has 10 nitrogen and oxygen atoms in total. The molecule has 0 amide bonds. The molecule has 1 aromatic heterocycles. The molecular formula is C21H22FN4O6PS2+2. The predicted molar refractivity (Wildman–Crippen MR) is 129 cm³/mol. The van der Waals surface area contributed by atoms with Crippen LogP contribution in [0.3, 0.4) is 0 Å². The van der Waals surface area contributed by atoms with Gasteiger partial charge in [-0.05, 0) is 41.8 Å². The molecule has 3 rings (SSSR count). The molecule has 0 radical (unpaired) electrons. The lowest BCUT2D eigenvalue weighted by Crippen LogP contribution is -2.24. The van der Waals surface area contributed by atoms with Crippen LogP contribution in [0.15, 0.2) is 46.7 Å². The van der Waals surface area contributed by atoms with Crippen LogP contribution >= 0.6 is 19.6 Å². The molecule has 3 aromatic rings. The fourth-order valence-corrected chi connectivity index (χ4v) is 5.57. The van der Waals surface area contributed by atoms with E-state index in [1.54, 1.807) is 24.3 Å². The Morgan fingerprint density at radius 1 is 1.20 bits per heavy atom. The molecule has 0 saturated carbocycles. The highest BCUT2D eigenvalue weighted by Gasteiger charge is 2.25. The second-order valence-electron chi connectivity index (χ2n) is 7.15. The van der Waals surface area contributed by atoms with Crippen molar-refractivity contribution < 1.29 is 35.7 Å². The Hall–Kier alpha value is -3.14. The minimum absolute atomic E-state index is 0.0424. The topological polar surface area (TPSA) is 130 Å². The van der Waals surface area contributed by atoms with E-state index in [1.165, 1.54) is 12.1 Å². The van der Waals surface area contributed by atoms with Gasteiger partial charge in [-0.25, -0.2) is 17.3 Å². The van der Waals surface area contributed by atoms with Crippen LogP contribution in [0.2, 0.25) is 0 Å². The summed E-state index contributed by atoms with van der Waals surface area (Å²) in [5.74, 6) is -0.359. The van der Waals surface area contributed by atoms with Crippen molar-refractivity contribution in [3.63, 3.8) is 0 Å². The third-order valence-corrected chi connectivity index (χ3v) is 7.92. The van der Waals surface area contributed by atoms with Gasteiger partial charge in [-0.1, -0.05) is 4.52 Å². The summed E-state index contributed by atoms with van der Waals surface area (Å²) in [7, 11) is -2.94. The Kier molecular flexibility index (Phi) is 9.08. The van der Waals surface area contributed by atoms with Crippen molar-refractivity contribution in [1.29, 1.82) is 5.26 Å². The molecule has 35 heavy (non-hydrogen) atoms. The van der Waals surface area contributed by atoms with Crippen LogP contribution in [0.5, 0.6) is 11.5 Å². The highest BCUT2D eigenvalue weighted by molar-refractivity contribution is 7.91. The van der Waals surface area contributed by atoms with E-state index in [1.807, 2.05) is 25.0 Å². The van der Waals surface area contributed by atoms with Gasteiger partial charge in [0.25, 0.3) is 10.0 Å². The van der Waals surface area contributed by atoms with E-state index in [0.717, 1.165) is 28.2 Å². The molecule has 0 saturated heterocycles.